The summed E-state index contributed by atoms with van der Waals surface area (Å²) >= 11 is 0. The van der Waals surface area contributed by atoms with Crippen molar-refractivity contribution in [3.05, 3.63) is 101 Å². The molecular formula is C22H22FNO. The summed E-state index contributed by atoms with van der Waals surface area (Å²) in [6.07, 6.45) is 0. The Bertz CT molecular complexity index is 797. The lowest BCUT2D eigenvalue weighted by molar-refractivity contribution is 0.306. The molecule has 3 heteroatoms. The van der Waals surface area contributed by atoms with E-state index in [1.54, 1.807) is 12.1 Å². The number of rotatable bonds is 7. The molecule has 0 amide bonds. The van der Waals surface area contributed by atoms with Crippen LogP contribution in [0, 0.1) is 12.7 Å². The average Bonchev–Trinajstić information content (AvgIpc) is 2.63. The summed E-state index contributed by atoms with van der Waals surface area (Å²) in [4.78, 5) is 0. The predicted molar refractivity (Wildman–Crippen MR) is 98.9 cm³/mol. The zero-order valence-electron chi connectivity index (χ0n) is 14.3. The summed E-state index contributed by atoms with van der Waals surface area (Å²) in [5.41, 5.74) is 4.63. The van der Waals surface area contributed by atoms with Gasteiger partial charge in [-0.1, -0.05) is 54.1 Å². The molecule has 0 unspecified atom stereocenters. The molecule has 0 aliphatic rings. The van der Waals surface area contributed by atoms with Crippen molar-refractivity contribution in [1.82, 2.24) is 5.32 Å². The normalized spacial score (nSPS) is 10.6. The van der Waals surface area contributed by atoms with E-state index < -0.39 is 0 Å². The maximum absolute atomic E-state index is 12.9. The van der Waals surface area contributed by atoms with Crippen molar-refractivity contribution in [3.8, 4) is 5.75 Å². The van der Waals surface area contributed by atoms with E-state index in [0.29, 0.717) is 13.2 Å². The molecule has 0 saturated heterocycles. The lowest BCUT2D eigenvalue weighted by Crippen LogP contribution is -2.12. The zero-order chi connectivity index (χ0) is 17.5. The first kappa shape index (κ1) is 17.2. The molecule has 0 aliphatic heterocycles. The Hall–Kier alpha value is -2.65. The quantitative estimate of drug-likeness (QED) is 0.656. The van der Waals surface area contributed by atoms with E-state index in [4.69, 9.17) is 4.74 Å². The number of ether oxygens (including phenoxy) is 1. The first-order chi connectivity index (χ1) is 12.2. The van der Waals surface area contributed by atoms with Crippen LogP contribution in [0.3, 0.4) is 0 Å². The Morgan fingerprint density at radius 2 is 1.48 bits per heavy atom. The van der Waals surface area contributed by atoms with Crippen LogP contribution in [0.2, 0.25) is 0 Å². The van der Waals surface area contributed by atoms with Crippen molar-refractivity contribution in [2.24, 2.45) is 0 Å². The van der Waals surface area contributed by atoms with Crippen molar-refractivity contribution in [2.75, 3.05) is 0 Å². The monoisotopic (exact) mass is 335 g/mol. The topological polar surface area (TPSA) is 21.3 Å². The van der Waals surface area contributed by atoms with Crippen LogP contribution in [-0.4, -0.2) is 0 Å². The summed E-state index contributed by atoms with van der Waals surface area (Å²) in [6.45, 7) is 4.08. The third kappa shape index (κ3) is 5.44. The highest BCUT2D eigenvalue weighted by Crippen LogP contribution is 2.16. The Morgan fingerprint density at radius 3 is 2.24 bits per heavy atom. The van der Waals surface area contributed by atoms with Crippen LogP contribution in [-0.2, 0) is 19.7 Å². The third-order valence-electron chi connectivity index (χ3n) is 4.00. The number of benzene rings is 3. The van der Waals surface area contributed by atoms with Crippen molar-refractivity contribution < 1.29 is 9.13 Å². The van der Waals surface area contributed by atoms with Gasteiger partial charge in [0.15, 0.2) is 0 Å². The summed E-state index contributed by atoms with van der Waals surface area (Å²) in [6, 6.07) is 23.0. The smallest absolute Gasteiger partial charge is 0.123 e. The second-order valence-corrected chi connectivity index (χ2v) is 6.15. The Kier molecular flexibility index (Phi) is 5.81. The molecule has 0 saturated carbocycles. The van der Waals surface area contributed by atoms with E-state index in [2.05, 4.69) is 42.6 Å². The lowest BCUT2D eigenvalue weighted by atomic mass is 10.1. The summed E-state index contributed by atoms with van der Waals surface area (Å²) < 4.78 is 18.8. The van der Waals surface area contributed by atoms with Crippen LogP contribution >= 0.6 is 0 Å². The Balaban J connectivity index is 1.50. The van der Waals surface area contributed by atoms with E-state index in [-0.39, 0.29) is 5.82 Å². The van der Waals surface area contributed by atoms with Crippen LogP contribution in [0.1, 0.15) is 22.3 Å². The van der Waals surface area contributed by atoms with E-state index >= 15 is 0 Å². The summed E-state index contributed by atoms with van der Waals surface area (Å²) in [5, 5.41) is 3.37. The van der Waals surface area contributed by atoms with E-state index in [0.717, 1.165) is 29.0 Å². The molecule has 0 aromatic heterocycles. The van der Waals surface area contributed by atoms with Crippen LogP contribution < -0.4 is 10.1 Å². The number of hydrogen-bond acceptors (Lipinski definition) is 2. The number of nitrogens with one attached hydrogen (secondary N) is 1. The summed E-state index contributed by atoms with van der Waals surface area (Å²) in [7, 11) is 0. The average molecular weight is 335 g/mol. The molecule has 0 bridgehead atoms. The molecule has 0 atom stereocenters. The summed E-state index contributed by atoms with van der Waals surface area (Å²) in [5.74, 6) is 0.656. The number of aryl methyl sites for hydroxylation is 1. The van der Waals surface area contributed by atoms with E-state index in [1.165, 1.54) is 17.7 Å². The van der Waals surface area contributed by atoms with Gasteiger partial charge in [0.1, 0.15) is 18.2 Å². The molecule has 0 aliphatic carbocycles. The minimum atomic E-state index is -0.206. The maximum atomic E-state index is 12.9. The fraction of sp³-hybridized carbons (Fsp3) is 0.182. The minimum absolute atomic E-state index is 0.206. The van der Waals surface area contributed by atoms with E-state index in [9.17, 15) is 4.39 Å². The molecule has 0 spiro atoms. The molecule has 1 N–H and O–H groups in total. The zero-order valence-corrected chi connectivity index (χ0v) is 14.3. The van der Waals surface area contributed by atoms with Gasteiger partial charge in [0.2, 0.25) is 0 Å². The van der Waals surface area contributed by atoms with Gasteiger partial charge in [-0.25, -0.2) is 4.39 Å². The van der Waals surface area contributed by atoms with Crippen molar-refractivity contribution >= 4 is 0 Å². The van der Waals surface area contributed by atoms with Crippen LogP contribution in [0.4, 0.5) is 4.39 Å². The van der Waals surface area contributed by atoms with Crippen LogP contribution in [0.25, 0.3) is 0 Å². The van der Waals surface area contributed by atoms with Gasteiger partial charge in [0.25, 0.3) is 0 Å². The molecule has 0 heterocycles. The van der Waals surface area contributed by atoms with Gasteiger partial charge in [0, 0.05) is 13.1 Å². The van der Waals surface area contributed by atoms with Gasteiger partial charge in [-0.3, -0.25) is 0 Å². The molecule has 128 valence electrons. The molecule has 3 aromatic rings. The largest absolute Gasteiger partial charge is 0.489 e. The van der Waals surface area contributed by atoms with Crippen molar-refractivity contribution in [2.45, 2.75) is 26.6 Å². The van der Waals surface area contributed by atoms with Crippen LogP contribution in [0.5, 0.6) is 5.75 Å². The molecule has 3 aromatic carbocycles. The van der Waals surface area contributed by atoms with Gasteiger partial charge in [0.05, 0.1) is 0 Å². The molecule has 0 radical (unpaired) electrons. The first-order valence-corrected chi connectivity index (χ1v) is 8.41. The standard InChI is InChI=1S/C22H22FNO/c1-17-5-7-19(8-6-17)16-25-22-4-2-3-20(13-22)15-24-14-18-9-11-21(23)12-10-18/h2-13,24H,14-16H2,1H3. The second kappa shape index (κ2) is 8.45. The SMILES string of the molecule is Cc1ccc(COc2cccc(CNCc3ccc(F)cc3)c2)cc1. The minimum Gasteiger partial charge on any atom is -0.489 e. The first-order valence-electron chi connectivity index (χ1n) is 8.41. The highest BCUT2D eigenvalue weighted by molar-refractivity contribution is 5.29. The van der Waals surface area contributed by atoms with Gasteiger partial charge in [-0.15, -0.1) is 0 Å². The van der Waals surface area contributed by atoms with E-state index in [1.807, 2.05) is 18.2 Å². The van der Waals surface area contributed by atoms with Crippen molar-refractivity contribution in [3.63, 3.8) is 0 Å². The molecule has 3 rings (SSSR count). The lowest BCUT2D eigenvalue weighted by Gasteiger charge is -2.09. The molecule has 2 nitrogen and oxygen atoms in total. The third-order valence-corrected chi connectivity index (χ3v) is 4.00. The Labute approximate surface area is 148 Å². The van der Waals surface area contributed by atoms with Gasteiger partial charge < -0.3 is 10.1 Å². The molecule has 0 fully saturated rings. The predicted octanol–water partition coefficient (Wildman–Crippen LogP) is 5.00. The second-order valence-electron chi connectivity index (χ2n) is 6.15. The maximum Gasteiger partial charge on any atom is 0.123 e. The van der Waals surface area contributed by atoms with Crippen LogP contribution in [0.15, 0.2) is 72.8 Å². The number of hydrogen-bond donors (Lipinski definition) is 1. The fourth-order valence-corrected chi connectivity index (χ4v) is 2.55. The van der Waals surface area contributed by atoms with Gasteiger partial charge in [-0.2, -0.15) is 0 Å². The molecular weight excluding hydrogens is 313 g/mol. The Morgan fingerprint density at radius 1 is 0.800 bits per heavy atom. The highest BCUT2D eigenvalue weighted by Gasteiger charge is 2.00. The number of halogens is 1. The van der Waals surface area contributed by atoms with Gasteiger partial charge >= 0.3 is 0 Å². The molecule has 25 heavy (non-hydrogen) atoms. The fourth-order valence-electron chi connectivity index (χ4n) is 2.55. The van der Waals surface area contributed by atoms with Crippen molar-refractivity contribution in [1.29, 1.82) is 0 Å². The highest BCUT2D eigenvalue weighted by atomic mass is 19.1. The van der Waals surface area contributed by atoms with Gasteiger partial charge in [-0.05, 0) is 47.9 Å².